The van der Waals surface area contributed by atoms with Crippen molar-refractivity contribution in [3.8, 4) is 0 Å². The molecular weight excluding hydrogens is 461 g/mol. The van der Waals surface area contributed by atoms with Gasteiger partial charge in [0.05, 0.1) is 16.5 Å². The van der Waals surface area contributed by atoms with Gasteiger partial charge >= 0.3 is 6.18 Å². The Morgan fingerprint density at radius 2 is 2.07 bits per heavy atom. The van der Waals surface area contributed by atoms with E-state index in [2.05, 4.69) is 5.32 Å². The first-order valence-corrected chi connectivity index (χ1v) is 12.0. The Morgan fingerprint density at radius 1 is 1.30 bits per heavy atom. The molecule has 0 radical (unpaired) electrons. The van der Waals surface area contributed by atoms with Gasteiger partial charge in [0, 0.05) is 24.5 Å². The van der Waals surface area contributed by atoms with Gasteiger partial charge in [-0.25, -0.2) is 8.42 Å². The van der Waals surface area contributed by atoms with Crippen LogP contribution in [-0.2, 0) is 27.4 Å². The molecule has 1 aliphatic heterocycles. The second-order valence-electron chi connectivity index (χ2n) is 6.97. The monoisotopic (exact) mass is 480 g/mol. The maximum atomic E-state index is 13.0. The van der Waals surface area contributed by atoms with Crippen molar-refractivity contribution in [2.75, 3.05) is 19.6 Å². The molecule has 1 amide bonds. The lowest BCUT2D eigenvalue weighted by atomic mass is 9.99. The van der Waals surface area contributed by atoms with E-state index in [1.54, 1.807) is 11.3 Å². The summed E-state index contributed by atoms with van der Waals surface area (Å²) in [5, 5.41) is 4.47. The quantitative estimate of drug-likeness (QED) is 0.674. The van der Waals surface area contributed by atoms with Gasteiger partial charge in [0.2, 0.25) is 15.9 Å². The molecule has 1 saturated heterocycles. The minimum absolute atomic E-state index is 0.0975. The number of thiophene rings is 1. The Hall–Kier alpha value is -1.62. The molecule has 1 aromatic heterocycles. The van der Waals surface area contributed by atoms with Crippen molar-refractivity contribution >= 4 is 38.9 Å². The van der Waals surface area contributed by atoms with Gasteiger partial charge in [-0.3, -0.25) is 4.79 Å². The molecule has 164 valence electrons. The molecule has 11 heteroatoms. The zero-order valence-electron chi connectivity index (χ0n) is 15.8. The van der Waals surface area contributed by atoms with E-state index in [0.717, 1.165) is 21.3 Å². The summed E-state index contributed by atoms with van der Waals surface area (Å²) in [5.74, 6) is -0.831. The minimum atomic E-state index is -4.69. The van der Waals surface area contributed by atoms with Crippen molar-refractivity contribution in [2.24, 2.45) is 5.92 Å². The molecule has 2 aromatic rings. The lowest BCUT2D eigenvalue weighted by molar-refractivity contribution is -0.137. The number of carbonyl (C=O) groups excluding carboxylic acids is 1. The van der Waals surface area contributed by atoms with Crippen molar-refractivity contribution in [1.29, 1.82) is 0 Å². The first kappa shape index (κ1) is 23.1. The highest BCUT2D eigenvalue weighted by atomic mass is 35.5. The van der Waals surface area contributed by atoms with Crippen molar-refractivity contribution in [2.45, 2.75) is 30.3 Å². The zero-order chi connectivity index (χ0) is 21.9. The fraction of sp³-hybridized carbons (Fsp3) is 0.421. The topological polar surface area (TPSA) is 66.5 Å². The number of halogens is 4. The normalized spacial score (nSPS) is 18.3. The van der Waals surface area contributed by atoms with Crippen LogP contribution < -0.4 is 5.32 Å². The number of amides is 1. The average Bonchev–Trinajstić information content (AvgIpc) is 3.21. The number of alkyl halides is 3. The molecule has 1 unspecified atom stereocenters. The molecule has 0 aliphatic carbocycles. The summed E-state index contributed by atoms with van der Waals surface area (Å²) < 4.78 is 66.0. The molecular formula is C19H20ClF3N2O3S2. The highest BCUT2D eigenvalue weighted by molar-refractivity contribution is 7.89. The van der Waals surface area contributed by atoms with Gasteiger partial charge in [0.25, 0.3) is 0 Å². The Kier molecular flexibility index (Phi) is 7.11. The van der Waals surface area contributed by atoms with E-state index in [9.17, 15) is 26.4 Å². The minimum Gasteiger partial charge on any atom is -0.355 e. The largest absolute Gasteiger partial charge is 0.416 e. The molecule has 0 saturated carbocycles. The smallest absolute Gasteiger partial charge is 0.355 e. The number of hydrogen-bond donors (Lipinski definition) is 1. The van der Waals surface area contributed by atoms with Crippen LogP contribution in [0.3, 0.4) is 0 Å². The third kappa shape index (κ3) is 5.35. The van der Waals surface area contributed by atoms with E-state index in [1.807, 2.05) is 17.5 Å². The summed E-state index contributed by atoms with van der Waals surface area (Å²) in [4.78, 5) is 13.0. The summed E-state index contributed by atoms with van der Waals surface area (Å²) in [6, 6.07) is 6.09. The molecule has 0 bridgehead atoms. The van der Waals surface area contributed by atoms with Crippen LogP contribution in [0.25, 0.3) is 0 Å². The van der Waals surface area contributed by atoms with E-state index in [0.29, 0.717) is 31.9 Å². The Balaban J connectivity index is 1.70. The molecule has 2 heterocycles. The van der Waals surface area contributed by atoms with Crippen molar-refractivity contribution < 1.29 is 26.4 Å². The van der Waals surface area contributed by atoms with E-state index in [1.165, 1.54) is 0 Å². The van der Waals surface area contributed by atoms with Crippen LogP contribution >= 0.6 is 22.9 Å². The molecule has 5 nitrogen and oxygen atoms in total. The first-order chi connectivity index (χ1) is 14.1. The summed E-state index contributed by atoms with van der Waals surface area (Å²) in [5.41, 5.74) is -1.09. The number of hydrogen-bond acceptors (Lipinski definition) is 4. The van der Waals surface area contributed by atoms with Gasteiger partial charge in [-0.15, -0.1) is 11.3 Å². The average molecular weight is 481 g/mol. The third-order valence-corrected chi connectivity index (χ3v) is 8.16. The molecule has 1 fully saturated rings. The van der Waals surface area contributed by atoms with Gasteiger partial charge < -0.3 is 5.32 Å². The van der Waals surface area contributed by atoms with Crippen LogP contribution in [0, 0.1) is 5.92 Å². The number of sulfonamides is 1. The molecule has 1 aromatic carbocycles. The predicted octanol–water partition coefficient (Wildman–Crippen LogP) is 4.18. The highest BCUT2D eigenvalue weighted by Gasteiger charge is 2.37. The van der Waals surface area contributed by atoms with Crippen LogP contribution in [0.5, 0.6) is 0 Å². The van der Waals surface area contributed by atoms with Gasteiger partial charge in [0.1, 0.15) is 4.90 Å². The van der Waals surface area contributed by atoms with Crippen LogP contribution in [0.4, 0.5) is 13.2 Å². The van der Waals surface area contributed by atoms with Crippen LogP contribution in [0.1, 0.15) is 23.3 Å². The molecule has 1 N–H and O–H groups in total. The SMILES string of the molecule is O=C(NCCc1cccs1)C1CCCN(S(=O)(=O)c2cc(C(F)(F)F)ccc2Cl)C1. The molecule has 1 atom stereocenters. The van der Waals surface area contributed by atoms with Gasteiger partial charge in [-0.2, -0.15) is 17.5 Å². The second kappa shape index (κ2) is 9.25. The number of piperidine rings is 1. The second-order valence-corrected chi connectivity index (χ2v) is 10.3. The summed E-state index contributed by atoms with van der Waals surface area (Å²) >= 11 is 7.50. The fourth-order valence-corrected chi connectivity index (χ4v) is 6.03. The van der Waals surface area contributed by atoms with Crippen LogP contribution in [-0.4, -0.2) is 38.3 Å². The predicted molar refractivity (Wildman–Crippen MR) is 109 cm³/mol. The van der Waals surface area contributed by atoms with Gasteiger partial charge in [-0.1, -0.05) is 17.7 Å². The summed E-state index contributed by atoms with van der Waals surface area (Å²) in [7, 11) is -4.27. The number of rotatable bonds is 6. The Morgan fingerprint density at radius 3 is 2.73 bits per heavy atom. The molecule has 1 aliphatic rings. The number of carbonyl (C=O) groups is 1. The van der Waals surface area contributed by atoms with Crippen molar-refractivity contribution in [3.63, 3.8) is 0 Å². The highest BCUT2D eigenvalue weighted by Crippen LogP contribution is 2.35. The number of nitrogens with zero attached hydrogens (tertiary/aromatic N) is 1. The number of nitrogens with one attached hydrogen (secondary N) is 1. The first-order valence-electron chi connectivity index (χ1n) is 9.26. The van der Waals surface area contributed by atoms with Gasteiger partial charge in [0.15, 0.2) is 0 Å². The third-order valence-electron chi connectivity index (χ3n) is 4.88. The molecule has 3 rings (SSSR count). The standard InChI is InChI=1S/C19H20ClF3N2O3S2/c20-16-6-5-14(19(21,22)23)11-17(16)30(27,28)25-9-1-3-13(12-25)18(26)24-8-7-15-4-2-10-29-15/h2,4-6,10-11,13H,1,3,7-9,12H2,(H,24,26). The number of benzene rings is 1. The van der Waals surface area contributed by atoms with E-state index in [-0.39, 0.29) is 24.0 Å². The van der Waals surface area contributed by atoms with E-state index >= 15 is 0 Å². The summed E-state index contributed by atoms with van der Waals surface area (Å²) in [6.07, 6.45) is -3.08. The molecule has 30 heavy (non-hydrogen) atoms. The van der Waals surface area contributed by atoms with Crippen LogP contribution in [0.15, 0.2) is 40.6 Å². The summed E-state index contributed by atoms with van der Waals surface area (Å²) in [6.45, 7) is 0.454. The fourth-order valence-electron chi connectivity index (χ4n) is 3.30. The Bertz CT molecular complexity index is 995. The zero-order valence-corrected chi connectivity index (χ0v) is 18.2. The van der Waals surface area contributed by atoms with E-state index < -0.39 is 32.6 Å². The lowest BCUT2D eigenvalue weighted by Crippen LogP contribution is -2.45. The van der Waals surface area contributed by atoms with Crippen LogP contribution in [0.2, 0.25) is 5.02 Å². The maximum Gasteiger partial charge on any atom is 0.416 e. The maximum absolute atomic E-state index is 13.0. The Labute approximate surface area is 181 Å². The molecule has 0 spiro atoms. The van der Waals surface area contributed by atoms with Gasteiger partial charge in [-0.05, 0) is 48.9 Å². The van der Waals surface area contributed by atoms with Crippen molar-refractivity contribution in [1.82, 2.24) is 9.62 Å². The van der Waals surface area contributed by atoms with E-state index in [4.69, 9.17) is 11.6 Å². The lowest BCUT2D eigenvalue weighted by Gasteiger charge is -2.31. The van der Waals surface area contributed by atoms with Crippen molar-refractivity contribution in [3.05, 3.63) is 51.2 Å².